The molecule has 4 atom stereocenters. The van der Waals surface area contributed by atoms with Crippen molar-refractivity contribution in [3.8, 4) is 0 Å². The molecular formula is C36H43N3O8. The molecule has 47 heavy (non-hydrogen) atoms. The highest BCUT2D eigenvalue weighted by Crippen LogP contribution is 2.39. The van der Waals surface area contributed by atoms with Crippen LogP contribution in [-0.4, -0.2) is 79.9 Å². The molecule has 2 amide bonds. The summed E-state index contributed by atoms with van der Waals surface area (Å²) in [6, 6.07) is 23.2. The van der Waals surface area contributed by atoms with Gasteiger partial charge < -0.3 is 44.3 Å². The third-order valence-corrected chi connectivity index (χ3v) is 9.02. The number of aliphatic hydroxyl groups excluding tert-OH is 1. The first-order valence-corrected chi connectivity index (χ1v) is 16.2. The Morgan fingerprint density at radius 2 is 1.60 bits per heavy atom. The molecule has 11 nitrogen and oxygen atoms in total. The molecule has 3 heterocycles. The number of nitrogens with zero attached hydrogens (tertiary/aromatic N) is 1. The summed E-state index contributed by atoms with van der Waals surface area (Å²) in [5, 5.41) is 15.1. The topological polar surface area (TPSA) is 128 Å². The van der Waals surface area contributed by atoms with Crippen LogP contribution in [0.2, 0.25) is 0 Å². The number of methoxy groups -OCH3 is 1. The van der Waals surface area contributed by atoms with Crippen molar-refractivity contribution in [3.63, 3.8) is 0 Å². The van der Waals surface area contributed by atoms with Crippen LogP contribution in [0.3, 0.4) is 0 Å². The predicted octanol–water partition coefficient (Wildman–Crippen LogP) is 4.47. The molecule has 0 aliphatic carbocycles. The average molecular weight is 646 g/mol. The molecule has 11 heteroatoms. The second-order valence-electron chi connectivity index (χ2n) is 12.2. The fourth-order valence-corrected chi connectivity index (χ4v) is 6.42. The SMILES string of the molecule is COC(=O)[C@H](Cc1ccccc1)NC(=O)Nc1ccc([C@H]2O[C@@H](CN3CCC4(CC3)OCCO4)C[C@@H](c3ccc(CO)cc3)O2)cc1. The number of aliphatic hydroxyl groups is 1. The molecule has 6 rings (SSSR count). The van der Waals surface area contributed by atoms with Gasteiger partial charge in [-0.05, 0) is 28.8 Å². The lowest BCUT2D eigenvalue weighted by Crippen LogP contribution is -2.48. The number of hydrogen-bond acceptors (Lipinski definition) is 9. The quantitative estimate of drug-likeness (QED) is 0.274. The van der Waals surface area contributed by atoms with Gasteiger partial charge in [0.25, 0.3) is 0 Å². The number of carbonyl (C=O) groups is 2. The molecular weight excluding hydrogens is 602 g/mol. The minimum absolute atomic E-state index is 0.0151. The summed E-state index contributed by atoms with van der Waals surface area (Å²) in [5.74, 6) is -0.952. The maximum Gasteiger partial charge on any atom is 0.328 e. The van der Waals surface area contributed by atoms with Crippen molar-refractivity contribution in [2.45, 2.75) is 62.6 Å². The van der Waals surface area contributed by atoms with Gasteiger partial charge in [-0.15, -0.1) is 0 Å². The van der Waals surface area contributed by atoms with E-state index in [0.29, 0.717) is 31.7 Å². The fourth-order valence-electron chi connectivity index (χ4n) is 6.42. The van der Waals surface area contributed by atoms with Gasteiger partial charge in [0, 0.05) is 56.6 Å². The molecule has 3 aromatic rings. The molecule has 0 bridgehead atoms. The molecule has 3 N–H and O–H groups in total. The number of carbonyl (C=O) groups excluding carboxylic acids is 2. The first-order valence-electron chi connectivity index (χ1n) is 16.2. The standard InChI is InChI=1S/C36H43N3O8/c1-43-33(41)31(21-25-5-3-2-4-6-25)38-35(42)37-29-13-11-28(12-14-29)34-46-30(22-32(47-34)27-9-7-26(24-40)8-10-27)23-39-17-15-36(16-18-39)44-19-20-45-36/h2-14,30-32,34,40H,15-24H2,1H3,(H2,37,38,42)/t30-,31+,32+,34+/m1/s1. The Labute approximate surface area is 275 Å². The van der Waals surface area contributed by atoms with Gasteiger partial charge in [-0.1, -0.05) is 66.7 Å². The van der Waals surface area contributed by atoms with Crippen LogP contribution in [0.1, 0.15) is 53.9 Å². The molecule has 0 aromatic heterocycles. The zero-order chi connectivity index (χ0) is 32.6. The van der Waals surface area contributed by atoms with E-state index in [2.05, 4.69) is 15.5 Å². The Kier molecular flexibility index (Phi) is 10.8. The maximum absolute atomic E-state index is 12.9. The van der Waals surface area contributed by atoms with Crippen LogP contribution in [0.25, 0.3) is 0 Å². The third-order valence-electron chi connectivity index (χ3n) is 9.02. The lowest BCUT2D eigenvalue weighted by atomic mass is 9.98. The van der Waals surface area contributed by atoms with Crippen LogP contribution in [0, 0.1) is 0 Å². The van der Waals surface area contributed by atoms with Crippen LogP contribution >= 0.6 is 0 Å². The summed E-state index contributed by atoms with van der Waals surface area (Å²) in [7, 11) is 1.30. The number of ether oxygens (including phenoxy) is 5. The zero-order valence-corrected chi connectivity index (χ0v) is 26.6. The number of rotatable bonds is 10. The van der Waals surface area contributed by atoms with Gasteiger partial charge in [0.15, 0.2) is 12.1 Å². The number of benzene rings is 3. The second kappa shape index (κ2) is 15.4. The maximum atomic E-state index is 12.9. The Balaban J connectivity index is 1.10. The van der Waals surface area contributed by atoms with Crippen molar-refractivity contribution in [2.24, 2.45) is 0 Å². The highest BCUT2D eigenvalue weighted by atomic mass is 16.7. The van der Waals surface area contributed by atoms with E-state index in [9.17, 15) is 14.7 Å². The number of piperidine rings is 1. The predicted molar refractivity (Wildman–Crippen MR) is 173 cm³/mol. The number of likely N-dealkylation sites (tertiary alicyclic amines) is 1. The van der Waals surface area contributed by atoms with E-state index < -0.39 is 30.1 Å². The number of urea groups is 1. The van der Waals surface area contributed by atoms with Gasteiger partial charge in [0.1, 0.15) is 6.04 Å². The number of anilines is 1. The monoisotopic (exact) mass is 645 g/mol. The van der Waals surface area contributed by atoms with Crippen LogP contribution in [0.5, 0.6) is 0 Å². The molecule has 0 unspecified atom stereocenters. The largest absolute Gasteiger partial charge is 0.467 e. The van der Waals surface area contributed by atoms with Crippen molar-refractivity contribution < 1.29 is 38.4 Å². The number of nitrogens with one attached hydrogen (secondary N) is 2. The number of hydrogen-bond donors (Lipinski definition) is 3. The van der Waals surface area contributed by atoms with E-state index in [0.717, 1.165) is 54.7 Å². The molecule has 3 saturated heterocycles. The van der Waals surface area contributed by atoms with E-state index in [1.807, 2.05) is 66.7 Å². The van der Waals surface area contributed by atoms with Crippen LogP contribution < -0.4 is 10.6 Å². The summed E-state index contributed by atoms with van der Waals surface area (Å²) < 4.78 is 29.8. The highest BCUT2D eigenvalue weighted by Gasteiger charge is 2.41. The Hall–Kier alpha value is -3.84. The van der Waals surface area contributed by atoms with Crippen molar-refractivity contribution in [3.05, 3.63) is 101 Å². The van der Waals surface area contributed by atoms with Gasteiger partial charge in [-0.3, -0.25) is 0 Å². The average Bonchev–Trinajstić information content (AvgIpc) is 3.57. The van der Waals surface area contributed by atoms with E-state index in [1.165, 1.54) is 7.11 Å². The van der Waals surface area contributed by atoms with Crippen molar-refractivity contribution in [1.82, 2.24) is 10.2 Å². The summed E-state index contributed by atoms with van der Waals surface area (Å²) in [5.41, 5.74) is 4.15. The van der Waals surface area contributed by atoms with Gasteiger partial charge in [-0.25, -0.2) is 9.59 Å². The van der Waals surface area contributed by atoms with E-state index >= 15 is 0 Å². The lowest BCUT2D eigenvalue weighted by Gasteiger charge is -2.41. The van der Waals surface area contributed by atoms with Gasteiger partial charge in [0.2, 0.25) is 0 Å². The van der Waals surface area contributed by atoms with E-state index in [4.69, 9.17) is 23.7 Å². The Morgan fingerprint density at radius 3 is 2.26 bits per heavy atom. The Bertz CT molecular complexity index is 1450. The minimum atomic E-state index is -0.838. The van der Waals surface area contributed by atoms with Crippen LogP contribution in [0.15, 0.2) is 78.9 Å². The van der Waals surface area contributed by atoms with Crippen molar-refractivity contribution in [1.29, 1.82) is 0 Å². The van der Waals surface area contributed by atoms with Gasteiger partial charge in [0.05, 0.1) is 39.1 Å². The van der Waals surface area contributed by atoms with Crippen LogP contribution in [0.4, 0.5) is 10.5 Å². The van der Waals surface area contributed by atoms with Crippen molar-refractivity contribution in [2.75, 3.05) is 45.3 Å². The van der Waals surface area contributed by atoms with Gasteiger partial charge in [-0.2, -0.15) is 0 Å². The third kappa shape index (κ3) is 8.55. The molecule has 3 fully saturated rings. The first kappa shape index (κ1) is 33.1. The number of esters is 1. The van der Waals surface area contributed by atoms with Crippen LogP contribution in [-0.2, 0) is 41.5 Å². The summed E-state index contributed by atoms with van der Waals surface area (Å²) in [6.07, 6.45) is 1.76. The summed E-state index contributed by atoms with van der Waals surface area (Å²) in [6.45, 7) is 3.79. The minimum Gasteiger partial charge on any atom is -0.467 e. The zero-order valence-electron chi connectivity index (χ0n) is 26.6. The molecule has 3 aromatic carbocycles. The first-order chi connectivity index (χ1) is 22.9. The molecule has 1 spiro atoms. The lowest BCUT2D eigenvalue weighted by molar-refractivity contribution is -0.255. The molecule has 0 radical (unpaired) electrons. The summed E-state index contributed by atoms with van der Waals surface area (Å²) >= 11 is 0. The second-order valence-corrected chi connectivity index (χ2v) is 12.2. The van der Waals surface area contributed by atoms with Crippen molar-refractivity contribution >= 4 is 17.7 Å². The highest BCUT2D eigenvalue weighted by molar-refractivity contribution is 5.92. The normalized spacial score (nSPS) is 23.2. The smallest absolute Gasteiger partial charge is 0.328 e. The molecule has 250 valence electrons. The van der Waals surface area contributed by atoms with E-state index in [-0.39, 0.29) is 18.8 Å². The number of amides is 2. The molecule has 3 aliphatic heterocycles. The van der Waals surface area contributed by atoms with Gasteiger partial charge >= 0.3 is 12.0 Å². The van der Waals surface area contributed by atoms with E-state index in [1.54, 1.807) is 12.1 Å². The molecule has 0 saturated carbocycles. The summed E-state index contributed by atoms with van der Waals surface area (Å²) in [4.78, 5) is 27.6. The Morgan fingerprint density at radius 1 is 0.915 bits per heavy atom. The fraction of sp³-hybridized carbons (Fsp3) is 0.444. The molecule has 3 aliphatic rings.